The third kappa shape index (κ3) is 3.51. The number of halogens is 2. The van der Waals surface area contributed by atoms with Gasteiger partial charge in [-0.15, -0.1) is 0 Å². The zero-order valence-electron chi connectivity index (χ0n) is 12.6. The van der Waals surface area contributed by atoms with E-state index in [1.807, 2.05) is 0 Å². The Morgan fingerprint density at radius 1 is 1.25 bits per heavy atom. The highest BCUT2D eigenvalue weighted by Crippen LogP contribution is 2.25. The number of hydrogen-bond acceptors (Lipinski definition) is 5. The second-order valence-corrected chi connectivity index (χ2v) is 7.27. The van der Waals surface area contributed by atoms with Crippen LogP contribution in [0.5, 0.6) is 5.88 Å². The molecule has 0 amide bonds. The molecule has 0 bridgehead atoms. The van der Waals surface area contributed by atoms with Crippen molar-refractivity contribution in [2.24, 2.45) is 0 Å². The van der Waals surface area contributed by atoms with E-state index < -0.39 is 32.7 Å². The molecule has 2 heterocycles. The molecule has 128 valence electrons. The van der Waals surface area contributed by atoms with E-state index in [0.29, 0.717) is 24.8 Å². The van der Waals surface area contributed by atoms with Gasteiger partial charge in [-0.2, -0.15) is 4.31 Å². The molecule has 2 aromatic rings. The molecule has 0 saturated carbocycles. The van der Waals surface area contributed by atoms with Gasteiger partial charge in [-0.25, -0.2) is 27.2 Å². The Kier molecular flexibility index (Phi) is 4.72. The molecule has 1 aromatic carbocycles. The summed E-state index contributed by atoms with van der Waals surface area (Å²) in [4.78, 5) is 7.05. The summed E-state index contributed by atoms with van der Waals surface area (Å²) in [5.74, 6) is -1.44. The number of hydrogen-bond donors (Lipinski definition) is 0. The van der Waals surface area contributed by atoms with Gasteiger partial charge in [0.05, 0.1) is 6.54 Å². The fraction of sp³-hybridized carbons (Fsp3) is 0.333. The van der Waals surface area contributed by atoms with Gasteiger partial charge in [0.2, 0.25) is 15.9 Å². The number of piperidine rings is 1. The minimum atomic E-state index is -4.13. The first kappa shape index (κ1) is 16.7. The van der Waals surface area contributed by atoms with Gasteiger partial charge in [-0.05, 0) is 31.0 Å². The highest BCUT2D eigenvalue weighted by atomic mass is 32.2. The van der Waals surface area contributed by atoms with Crippen molar-refractivity contribution >= 4 is 10.0 Å². The first-order valence-corrected chi connectivity index (χ1v) is 8.79. The Labute approximate surface area is 138 Å². The van der Waals surface area contributed by atoms with Gasteiger partial charge in [0, 0.05) is 18.8 Å². The van der Waals surface area contributed by atoms with Crippen LogP contribution in [0.3, 0.4) is 0 Å². The Hall–Kier alpha value is -2.13. The summed E-state index contributed by atoms with van der Waals surface area (Å²) in [6, 6.07) is 3.95. The molecule has 6 nitrogen and oxygen atoms in total. The topological polar surface area (TPSA) is 72.4 Å². The van der Waals surface area contributed by atoms with Crippen molar-refractivity contribution in [3.8, 4) is 5.88 Å². The molecular weight excluding hydrogens is 340 g/mol. The zero-order valence-corrected chi connectivity index (χ0v) is 13.4. The smallest absolute Gasteiger partial charge is 0.246 e. The van der Waals surface area contributed by atoms with Crippen molar-refractivity contribution in [3.05, 3.63) is 48.4 Å². The van der Waals surface area contributed by atoms with Crippen LogP contribution in [0.4, 0.5) is 8.78 Å². The van der Waals surface area contributed by atoms with Gasteiger partial charge in [0.1, 0.15) is 29.0 Å². The number of nitrogens with zero attached hydrogens (tertiary/aromatic N) is 3. The molecule has 9 heteroatoms. The second-order valence-electron chi connectivity index (χ2n) is 5.37. The maximum Gasteiger partial charge on any atom is 0.246 e. The Morgan fingerprint density at radius 2 is 2.08 bits per heavy atom. The Balaban J connectivity index is 1.79. The molecule has 1 atom stereocenters. The highest BCUT2D eigenvalue weighted by Gasteiger charge is 2.33. The van der Waals surface area contributed by atoms with Gasteiger partial charge >= 0.3 is 0 Å². The lowest BCUT2D eigenvalue weighted by Gasteiger charge is -2.31. The van der Waals surface area contributed by atoms with Crippen LogP contribution in [0.2, 0.25) is 0 Å². The minimum Gasteiger partial charge on any atom is -0.473 e. The Bertz CT molecular complexity index is 818. The predicted octanol–water partition coefficient (Wildman–Crippen LogP) is 1.99. The maximum absolute atomic E-state index is 13.8. The standard InChI is InChI=1S/C15H15F2N3O3S/c16-11-3-4-13(17)14(8-11)24(21,22)20-7-1-2-12(9-20)23-15-5-6-18-10-19-15/h3-6,8,10,12H,1-2,7,9H2. The third-order valence-corrected chi connectivity index (χ3v) is 5.57. The van der Waals surface area contributed by atoms with Crippen molar-refractivity contribution in [1.82, 2.24) is 14.3 Å². The van der Waals surface area contributed by atoms with E-state index in [1.54, 1.807) is 6.07 Å². The molecule has 1 fully saturated rings. The van der Waals surface area contributed by atoms with E-state index in [9.17, 15) is 17.2 Å². The number of sulfonamides is 1. The van der Waals surface area contributed by atoms with E-state index in [-0.39, 0.29) is 13.1 Å². The summed E-state index contributed by atoms with van der Waals surface area (Å²) < 4.78 is 59.1. The summed E-state index contributed by atoms with van der Waals surface area (Å²) in [5, 5.41) is 0. The summed E-state index contributed by atoms with van der Waals surface area (Å²) in [6.07, 6.45) is 3.62. The molecule has 24 heavy (non-hydrogen) atoms. The van der Waals surface area contributed by atoms with Crippen LogP contribution in [0, 0.1) is 11.6 Å². The monoisotopic (exact) mass is 355 g/mol. The summed E-state index contributed by atoms with van der Waals surface area (Å²) in [6.45, 7) is 0.268. The SMILES string of the molecule is O=S(=O)(c1cc(F)ccc1F)N1CCCC(Oc2ccncn2)C1. The zero-order chi connectivity index (χ0) is 17.2. The van der Waals surface area contributed by atoms with Crippen molar-refractivity contribution in [1.29, 1.82) is 0 Å². The van der Waals surface area contributed by atoms with Gasteiger partial charge in [-0.1, -0.05) is 0 Å². The lowest BCUT2D eigenvalue weighted by atomic mass is 10.1. The Morgan fingerprint density at radius 3 is 2.83 bits per heavy atom. The molecule has 0 aliphatic carbocycles. The molecular formula is C15H15F2N3O3S. The quantitative estimate of drug-likeness (QED) is 0.839. The lowest BCUT2D eigenvalue weighted by molar-refractivity contribution is 0.124. The average molecular weight is 355 g/mol. The molecule has 3 rings (SSSR count). The maximum atomic E-state index is 13.8. The molecule has 1 aliphatic rings. The number of benzene rings is 1. The number of ether oxygens (including phenoxy) is 1. The lowest BCUT2D eigenvalue weighted by Crippen LogP contribution is -2.44. The van der Waals surface area contributed by atoms with Crippen molar-refractivity contribution in [2.75, 3.05) is 13.1 Å². The summed E-state index contributed by atoms with van der Waals surface area (Å²) >= 11 is 0. The molecule has 1 aromatic heterocycles. The van der Waals surface area contributed by atoms with Crippen molar-refractivity contribution in [3.63, 3.8) is 0 Å². The van der Waals surface area contributed by atoms with E-state index in [0.717, 1.165) is 16.4 Å². The second kappa shape index (κ2) is 6.78. The largest absolute Gasteiger partial charge is 0.473 e. The fourth-order valence-electron chi connectivity index (χ4n) is 2.55. The van der Waals surface area contributed by atoms with Gasteiger partial charge in [-0.3, -0.25) is 0 Å². The van der Waals surface area contributed by atoms with Crippen molar-refractivity contribution < 1.29 is 21.9 Å². The highest BCUT2D eigenvalue weighted by molar-refractivity contribution is 7.89. The van der Waals surface area contributed by atoms with Crippen molar-refractivity contribution in [2.45, 2.75) is 23.8 Å². The van der Waals surface area contributed by atoms with Crippen LogP contribution in [0.1, 0.15) is 12.8 Å². The van der Waals surface area contributed by atoms with Crippen LogP contribution < -0.4 is 4.74 Å². The minimum absolute atomic E-state index is 0.0439. The molecule has 0 spiro atoms. The van der Waals surface area contributed by atoms with E-state index in [2.05, 4.69) is 9.97 Å². The first-order chi connectivity index (χ1) is 11.5. The fourth-order valence-corrected chi connectivity index (χ4v) is 4.14. The van der Waals surface area contributed by atoms with Crippen LogP contribution >= 0.6 is 0 Å². The summed E-state index contributed by atoms with van der Waals surface area (Å²) in [5.41, 5.74) is 0. The third-order valence-electron chi connectivity index (χ3n) is 3.69. The number of rotatable bonds is 4. The van der Waals surface area contributed by atoms with E-state index in [1.165, 1.54) is 12.5 Å². The van der Waals surface area contributed by atoms with E-state index >= 15 is 0 Å². The van der Waals surface area contributed by atoms with Crippen LogP contribution in [-0.2, 0) is 10.0 Å². The van der Waals surface area contributed by atoms with Gasteiger partial charge in [0.25, 0.3) is 0 Å². The molecule has 1 aliphatic heterocycles. The van der Waals surface area contributed by atoms with E-state index in [4.69, 9.17) is 4.74 Å². The van der Waals surface area contributed by atoms with Gasteiger partial charge in [0.15, 0.2) is 0 Å². The van der Waals surface area contributed by atoms with Crippen LogP contribution in [-0.4, -0.2) is 41.9 Å². The average Bonchev–Trinajstić information content (AvgIpc) is 2.58. The predicted molar refractivity (Wildman–Crippen MR) is 80.8 cm³/mol. The summed E-state index contributed by atoms with van der Waals surface area (Å²) in [7, 11) is -4.13. The van der Waals surface area contributed by atoms with Crippen LogP contribution in [0.15, 0.2) is 41.7 Å². The number of aromatic nitrogens is 2. The first-order valence-electron chi connectivity index (χ1n) is 7.35. The normalized spacial score (nSPS) is 19.2. The van der Waals surface area contributed by atoms with Crippen LogP contribution in [0.25, 0.3) is 0 Å². The molecule has 0 N–H and O–H groups in total. The molecule has 1 saturated heterocycles. The molecule has 1 unspecified atom stereocenters. The van der Waals surface area contributed by atoms with Gasteiger partial charge < -0.3 is 4.74 Å². The molecule has 0 radical (unpaired) electrons.